The minimum atomic E-state index is -0.628. The Balaban J connectivity index is 1.84. The van der Waals surface area contributed by atoms with Crippen LogP contribution in [0.5, 0.6) is 0 Å². The molecule has 0 amide bonds. The van der Waals surface area contributed by atoms with Gasteiger partial charge >= 0.3 is 0 Å². The SMILES string of the molecule is CCNC(=NCC(O)c1ccc(Cl)s1)NCCc1ccccc1. The number of thiophene rings is 1. The summed E-state index contributed by atoms with van der Waals surface area (Å²) in [5.74, 6) is 0.713. The Morgan fingerprint density at radius 1 is 1.22 bits per heavy atom. The van der Waals surface area contributed by atoms with Crippen LogP contribution in [-0.2, 0) is 6.42 Å². The molecular formula is C17H22ClN3OS. The van der Waals surface area contributed by atoms with E-state index in [0.29, 0.717) is 16.8 Å². The summed E-state index contributed by atoms with van der Waals surface area (Å²) >= 11 is 7.27. The summed E-state index contributed by atoms with van der Waals surface area (Å²) in [5.41, 5.74) is 1.28. The lowest BCUT2D eigenvalue weighted by Crippen LogP contribution is -2.38. The lowest BCUT2D eigenvalue weighted by molar-refractivity contribution is 0.191. The number of benzene rings is 1. The highest BCUT2D eigenvalue weighted by Gasteiger charge is 2.10. The van der Waals surface area contributed by atoms with Gasteiger partial charge in [0.1, 0.15) is 6.10 Å². The molecule has 0 bridgehead atoms. The lowest BCUT2D eigenvalue weighted by Gasteiger charge is -2.12. The van der Waals surface area contributed by atoms with Gasteiger partial charge in [-0.25, -0.2) is 0 Å². The maximum absolute atomic E-state index is 10.1. The fourth-order valence-electron chi connectivity index (χ4n) is 2.09. The second-order valence-electron chi connectivity index (χ2n) is 5.04. The van der Waals surface area contributed by atoms with Gasteiger partial charge in [0, 0.05) is 18.0 Å². The smallest absolute Gasteiger partial charge is 0.191 e. The van der Waals surface area contributed by atoms with Crippen LogP contribution in [0.3, 0.4) is 0 Å². The first kappa shape index (κ1) is 17.8. The Kier molecular flexibility index (Phi) is 7.39. The van der Waals surface area contributed by atoms with Crippen molar-refractivity contribution in [2.75, 3.05) is 19.6 Å². The third kappa shape index (κ3) is 6.22. The Morgan fingerprint density at radius 3 is 2.65 bits per heavy atom. The third-order valence-corrected chi connectivity index (χ3v) is 4.57. The number of aliphatic hydroxyl groups excluding tert-OH is 1. The quantitative estimate of drug-likeness (QED) is 0.530. The normalized spacial score (nSPS) is 12.9. The van der Waals surface area contributed by atoms with Gasteiger partial charge in [-0.2, -0.15) is 0 Å². The average molecular weight is 352 g/mol. The highest BCUT2D eigenvalue weighted by atomic mass is 35.5. The number of hydrogen-bond acceptors (Lipinski definition) is 3. The van der Waals surface area contributed by atoms with Crippen LogP contribution in [0.1, 0.15) is 23.5 Å². The van der Waals surface area contributed by atoms with Crippen LogP contribution in [0.4, 0.5) is 0 Å². The molecule has 1 unspecified atom stereocenters. The second kappa shape index (κ2) is 9.55. The maximum Gasteiger partial charge on any atom is 0.191 e. The summed E-state index contributed by atoms with van der Waals surface area (Å²) in [6, 6.07) is 13.9. The van der Waals surface area contributed by atoms with Gasteiger partial charge in [-0.3, -0.25) is 4.99 Å². The Labute approximate surface area is 146 Å². The van der Waals surface area contributed by atoms with Gasteiger partial charge in [0.15, 0.2) is 5.96 Å². The van der Waals surface area contributed by atoms with E-state index < -0.39 is 6.10 Å². The van der Waals surface area contributed by atoms with Crippen LogP contribution in [0.25, 0.3) is 0 Å². The first-order valence-electron chi connectivity index (χ1n) is 7.68. The fraction of sp³-hybridized carbons (Fsp3) is 0.353. The van der Waals surface area contributed by atoms with Crippen LogP contribution in [0.2, 0.25) is 4.34 Å². The van der Waals surface area contributed by atoms with E-state index in [4.69, 9.17) is 11.6 Å². The van der Waals surface area contributed by atoms with Crippen molar-refractivity contribution in [3.63, 3.8) is 0 Å². The molecule has 1 atom stereocenters. The summed E-state index contributed by atoms with van der Waals surface area (Å²) in [6.07, 6.45) is 0.297. The zero-order chi connectivity index (χ0) is 16.5. The predicted molar refractivity (Wildman–Crippen MR) is 98.4 cm³/mol. The highest BCUT2D eigenvalue weighted by molar-refractivity contribution is 7.16. The maximum atomic E-state index is 10.1. The van der Waals surface area contributed by atoms with Crippen molar-refractivity contribution in [3.8, 4) is 0 Å². The second-order valence-corrected chi connectivity index (χ2v) is 6.79. The molecule has 0 aliphatic rings. The summed E-state index contributed by atoms with van der Waals surface area (Å²) in [4.78, 5) is 5.27. The van der Waals surface area contributed by atoms with E-state index in [0.717, 1.165) is 24.4 Å². The van der Waals surface area contributed by atoms with E-state index >= 15 is 0 Å². The van der Waals surface area contributed by atoms with E-state index in [9.17, 15) is 5.11 Å². The molecular weight excluding hydrogens is 330 g/mol. The molecule has 2 aromatic rings. The molecule has 1 aromatic carbocycles. The van der Waals surface area contributed by atoms with Gasteiger partial charge < -0.3 is 15.7 Å². The number of hydrogen-bond donors (Lipinski definition) is 3. The molecule has 0 saturated heterocycles. The van der Waals surface area contributed by atoms with Crippen molar-refractivity contribution in [1.82, 2.24) is 10.6 Å². The Hall–Kier alpha value is -1.56. The van der Waals surface area contributed by atoms with Crippen molar-refractivity contribution in [3.05, 3.63) is 57.2 Å². The molecule has 0 aliphatic heterocycles. The summed E-state index contributed by atoms with van der Waals surface area (Å²) in [6.45, 7) is 3.89. The van der Waals surface area contributed by atoms with Crippen molar-refractivity contribution >= 4 is 28.9 Å². The standard InChI is InChI=1S/C17H22ClN3OS/c1-2-19-17(20-11-10-13-6-4-3-5-7-13)21-12-14(22)15-8-9-16(18)23-15/h3-9,14,22H,2,10-12H2,1H3,(H2,19,20,21). The number of halogens is 1. The highest BCUT2D eigenvalue weighted by Crippen LogP contribution is 2.26. The number of rotatable bonds is 7. The molecule has 124 valence electrons. The van der Waals surface area contributed by atoms with Gasteiger partial charge in [0.25, 0.3) is 0 Å². The molecule has 4 nitrogen and oxygen atoms in total. The molecule has 0 radical (unpaired) electrons. The number of nitrogens with zero attached hydrogens (tertiary/aromatic N) is 1. The molecule has 2 rings (SSSR count). The zero-order valence-electron chi connectivity index (χ0n) is 13.1. The first-order valence-corrected chi connectivity index (χ1v) is 8.88. The largest absolute Gasteiger partial charge is 0.386 e. The van der Waals surface area contributed by atoms with Crippen LogP contribution in [0, 0.1) is 0 Å². The van der Waals surface area contributed by atoms with Crippen LogP contribution >= 0.6 is 22.9 Å². The van der Waals surface area contributed by atoms with Gasteiger partial charge in [-0.15, -0.1) is 11.3 Å². The first-order chi connectivity index (χ1) is 11.2. The lowest BCUT2D eigenvalue weighted by atomic mass is 10.1. The number of aliphatic imine (C=N–C) groups is 1. The zero-order valence-corrected chi connectivity index (χ0v) is 14.7. The number of nitrogens with one attached hydrogen (secondary N) is 2. The van der Waals surface area contributed by atoms with E-state index in [2.05, 4.69) is 27.8 Å². The molecule has 3 N–H and O–H groups in total. The number of aliphatic hydroxyl groups is 1. The van der Waals surface area contributed by atoms with Gasteiger partial charge in [0.05, 0.1) is 10.9 Å². The average Bonchev–Trinajstić information content (AvgIpc) is 3.00. The van der Waals surface area contributed by atoms with Crippen LogP contribution in [-0.4, -0.2) is 30.7 Å². The monoisotopic (exact) mass is 351 g/mol. The Morgan fingerprint density at radius 2 is 2.00 bits per heavy atom. The topological polar surface area (TPSA) is 56.7 Å². The number of guanidine groups is 1. The van der Waals surface area contributed by atoms with E-state index in [1.54, 1.807) is 6.07 Å². The van der Waals surface area contributed by atoms with Crippen molar-refractivity contribution in [2.45, 2.75) is 19.4 Å². The summed E-state index contributed by atoms with van der Waals surface area (Å²) < 4.78 is 0.677. The minimum Gasteiger partial charge on any atom is -0.386 e. The van der Waals surface area contributed by atoms with Crippen molar-refractivity contribution in [1.29, 1.82) is 0 Å². The van der Waals surface area contributed by atoms with Crippen molar-refractivity contribution < 1.29 is 5.11 Å². The van der Waals surface area contributed by atoms with Crippen molar-refractivity contribution in [2.24, 2.45) is 4.99 Å². The third-order valence-electron chi connectivity index (χ3n) is 3.24. The molecule has 0 fully saturated rings. The molecule has 6 heteroatoms. The molecule has 0 aliphatic carbocycles. The van der Waals surface area contributed by atoms with Crippen LogP contribution in [0.15, 0.2) is 47.5 Å². The Bertz CT molecular complexity index is 615. The van der Waals surface area contributed by atoms with Gasteiger partial charge in [0.2, 0.25) is 0 Å². The predicted octanol–water partition coefficient (Wildman–Crippen LogP) is 3.23. The molecule has 1 aromatic heterocycles. The minimum absolute atomic E-state index is 0.303. The molecule has 0 spiro atoms. The molecule has 23 heavy (non-hydrogen) atoms. The van der Waals surface area contributed by atoms with Gasteiger partial charge in [-0.05, 0) is 31.0 Å². The van der Waals surface area contributed by atoms with E-state index in [-0.39, 0.29) is 0 Å². The molecule has 0 saturated carbocycles. The van der Waals surface area contributed by atoms with E-state index in [1.165, 1.54) is 16.9 Å². The summed E-state index contributed by atoms with van der Waals surface area (Å²) in [5, 5.41) is 16.6. The van der Waals surface area contributed by atoms with E-state index in [1.807, 2.05) is 31.2 Å². The van der Waals surface area contributed by atoms with Crippen LogP contribution < -0.4 is 10.6 Å². The van der Waals surface area contributed by atoms with Gasteiger partial charge in [-0.1, -0.05) is 41.9 Å². The fourth-order valence-corrected chi connectivity index (χ4v) is 3.12. The molecule has 1 heterocycles. The summed E-state index contributed by atoms with van der Waals surface area (Å²) in [7, 11) is 0.